The lowest BCUT2D eigenvalue weighted by atomic mass is 10.1. The van der Waals surface area contributed by atoms with Crippen molar-refractivity contribution in [3.8, 4) is 0 Å². The molecule has 0 saturated heterocycles. The lowest BCUT2D eigenvalue weighted by Gasteiger charge is -2.21. The fourth-order valence-corrected chi connectivity index (χ4v) is 3.44. The van der Waals surface area contributed by atoms with Crippen LogP contribution in [0.2, 0.25) is 0 Å². The first kappa shape index (κ1) is 15.7. The molecule has 2 heterocycles. The zero-order valence-electron chi connectivity index (χ0n) is 13.4. The summed E-state index contributed by atoms with van der Waals surface area (Å²) in [6.07, 6.45) is 0. The van der Waals surface area contributed by atoms with E-state index in [1.54, 1.807) is 17.4 Å². The van der Waals surface area contributed by atoms with E-state index in [9.17, 15) is 9.18 Å². The second-order valence-electron chi connectivity index (χ2n) is 6.63. The van der Waals surface area contributed by atoms with Gasteiger partial charge in [-0.1, -0.05) is 12.1 Å². The van der Waals surface area contributed by atoms with Crippen molar-refractivity contribution in [1.29, 1.82) is 0 Å². The van der Waals surface area contributed by atoms with Crippen molar-refractivity contribution in [1.82, 2.24) is 9.88 Å². The Morgan fingerprint density at radius 3 is 2.74 bits per heavy atom. The van der Waals surface area contributed by atoms with Gasteiger partial charge in [0.25, 0.3) is 5.91 Å². The third-order valence-electron chi connectivity index (χ3n) is 3.45. The van der Waals surface area contributed by atoms with E-state index in [0.29, 0.717) is 12.2 Å². The van der Waals surface area contributed by atoms with Crippen molar-refractivity contribution < 1.29 is 9.18 Å². The van der Waals surface area contributed by atoms with Gasteiger partial charge < -0.3 is 9.88 Å². The summed E-state index contributed by atoms with van der Waals surface area (Å²) in [5, 5.41) is 6.03. The van der Waals surface area contributed by atoms with Crippen molar-refractivity contribution in [2.75, 3.05) is 0 Å². The number of thiophene rings is 1. The number of aromatic nitrogens is 1. The summed E-state index contributed by atoms with van der Waals surface area (Å²) in [5.74, 6) is -0.380. The zero-order valence-corrected chi connectivity index (χ0v) is 14.2. The molecular formula is C18H19FN2OS. The molecule has 120 valence electrons. The monoisotopic (exact) mass is 330 g/mol. The maximum Gasteiger partial charge on any atom is 0.268 e. The van der Waals surface area contributed by atoms with Crippen molar-refractivity contribution in [2.45, 2.75) is 32.9 Å². The summed E-state index contributed by atoms with van der Waals surface area (Å²) >= 11 is 1.58. The number of nitrogens with one attached hydrogen (secondary N) is 1. The van der Waals surface area contributed by atoms with Crippen LogP contribution in [0.5, 0.6) is 0 Å². The van der Waals surface area contributed by atoms with Crippen LogP contribution in [0.15, 0.2) is 41.8 Å². The molecule has 3 aromatic rings. The first-order valence-corrected chi connectivity index (χ1v) is 8.35. The van der Waals surface area contributed by atoms with Gasteiger partial charge in [0.2, 0.25) is 0 Å². The lowest BCUT2D eigenvalue weighted by Crippen LogP contribution is -2.41. The van der Waals surface area contributed by atoms with Crippen LogP contribution in [0.4, 0.5) is 4.39 Å². The third-order valence-corrected chi connectivity index (χ3v) is 4.40. The Labute approximate surface area is 138 Å². The van der Waals surface area contributed by atoms with E-state index in [1.807, 2.05) is 48.9 Å². The molecule has 0 fully saturated rings. The molecule has 0 aliphatic heterocycles. The van der Waals surface area contributed by atoms with E-state index in [2.05, 4.69) is 5.32 Å². The van der Waals surface area contributed by atoms with Gasteiger partial charge in [-0.05, 0) is 56.0 Å². The Bertz CT molecular complexity index is 857. The van der Waals surface area contributed by atoms with E-state index in [1.165, 1.54) is 12.1 Å². The molecule has 0 radical (unpaired) electrons. The zero-order chi connectivity index (χ0) is 16.6. The van der Waals surface area contributed by atoms with Gasteiger partial charge in [-0.15, -0.1) is 11.3 Å². The Kier molecular flexibility index (Phi) is 3.98. The molecule has 23 heavy (non-hydrogen) atoms. The Morgan fingerprint density at radius 2 is 2.04 bits per heavy atom. The molecule has 3 nitrogen and oxygen atoms in total. The van der Waals surface area contributed by atoms with Gasteiger partial charge in [0.15, 0.2) is 0 Å². The molecule has 0 aliphatic rings. The molecule has 0 aliphatic carbocycles. The molecule has 2 aromatic heterocycles. The van der Waals surface area contributed by atoms with Crippen molar-refractivity contribution in [3.63, 3.8) is 0 Å². The number of amides is 1. The minimum absolute atomic E-state index is 0.114. The van der Waals surface area contributed by atoms with Crippen LogP contribution >= 0.6 is 11.3 Å². The molecule has 0 atom stereocenters. The van der Waals surface area contributed by atoms with Gasteiger partial charge in [0.1, 0.15) is 16.3 Å². The number of hydrogen-bond donors (Lipinski definition) is 1. The molecule has 0 unspecified atom stereocenters. The second kappa shape index (κ2) is 5.81. The average Bonchev–Trinajstić information content (AvgIpc) is 2.99. The largest absolute Gasteiger partial charge is 0.346 e. The molecule has 0 saturated carbocycles. The SMILES string of the molecule is CC(C)(C)NC(=O)c1cc2ccsc2n1Cc1cccc(F)c1. The Balaban J connectivity index is 2.02. The van der Waals surface area contributed by atoms with Gasteiger partial charge in [-0.25, -0.2) is 4.39 Å². The second-order valence-corrected chi connectivity index (χ2v) is 7.53. The van der Waals surface area contributed by atoms with Crippen LogP contribution in [0.1, 0.15) is 36.8 Å². The fraction of sp³-hybridized carbons (Fsp3) is 0.278. The topological polar surface area (TPSA) is 34.0 Å². The summed E-state index contributed by atoms with van der Waals surface area (Å²) in [7, 11) is 0. The van der Waals surface area contributed by atoms with E-state index in [0.717, 1.165) is 15.8 Å². The van der Waals surface area contributed by atoms with E-state index < -0.39 is 0 Å². The fourth-order valence-electron chi connectivity index (χ4n) is 2.54. The number of halogens is 1. The summed E-state index contributed by atoms with van der Waals surface area (Å²) < 4.78 is 15.4. The normalized spacial score (nSPS) is 11.8. The van der Waals surface area contributed by atoms with Crippen LogP contribution in [-0.2, 0) is 6.54 Å². The molecule has 1 aromatic carbocycles. The molecule has 0 spiro atoms. The molecule has 5 heteroatoms. The van der Waals surface area contributed by atoms with Crippen molar-refractivity contribution in [2.24, 2.45) is 0 Å². The lowest BCUT2D eigenvalue weighted by molar-refractivity contribution is 0.0911. The van der Waals surface area contributed by atoms with Crippen LogP contribution in [0, 0.1) is 5.82 Å². The summed E-state index contributed by atoms with van der Waals surface area (Å²) in [4.78, 5) is 13.6. The van der Waals surface area contributed by atoms with E-state index in [4.69, 9.17) is 0 Å². The van der Waals surface area contributed by atoms with Gasteiger partial charge in [0.05, 0.1) is 0 Å². The van der Waals surface area contributed by atoms with Crippen LogP contribution < -0.4 is 5.32 Å². The van der Waals surface area contributed by atoms with Gasteiger partial charge in [-0.3, -0.25) is 4.79 Å². The van der Waals surface area contributed by atoms with Gasteiger partial charge >= 0.3 is 0 Å². The van der Waals surface area contributed by atoms with Crippen LogP contribution in [-0.4, -0.2) is 16.0 Å². The highest BCUT2D eigenvalue weighted by atomic mass is 32.1. The average molecular weight is 330 g/mol. The molecule has 1 N–H and O–H groups in total. The highest BCUT2D eigenvalue weighted by Crippen LogP contribution is 2.27. The number of benzene rings is 1. The minimum Gasteiger partial charge on any atom is -0.346 e. The van der Waals surface area contributed by atoms with Gasteiger partial charge in [0, 0.05) is 17.5 Å². The number of rotatable bonds is 3. The predicted octanol–water partition coefficient (Wildman–Crippen LogP) is 4.42. The van der Waals surface area contributed by atoms with Crippen LogP contribution in [0.3, 0.4) is 0 Å². The standard InChI is InChI=1S/C18H19FN2OS/c1-18(2,3)20-16(22)15-10-13-7-8-23-17(13)21(15)11-12-5-4-6-14(19)9-12/h4-10H,11H2,1-3H3,(H,20,22). The summed E-state index contributed by atoms with van der Waals surface area (Å²) in [5.41, 5.74) is 1.13. The smallest absolute Gasteiger partial charge is 0.268 e. The first-order valence-electron chi connectivity index (χ1n) is 7.47. The third kappa shape index (κ3) is 3.45. The highest BCUT2D eigenvalue weighted by Gasteiger charge is 2.21. The Morgan fingerprint density at radius 1 is 1.26 bits per heavy atom. The number of fused-ring (bicyclic) bond motifs is 1. The van der Waals surface area contributed by atoms with Crippen molar-refractivity contribution >= 4 is 27.5 Å². The molecule has 0 bridgehead atoms. The van der Waals surface area contributed by atoms with Crippen molar-refractivity contribution in [3.05, 3.63) is 58.9 Å². The first-order chi connectivity index (χ1) is 10.8. The number of hydrogen-bond acceptors (Lipinski definition) is 2. The number of carbonyl (C=O) groups excluding carboxylic acids is 1. The summed E-state index contributed by atoms with van der Waals surface area (Å²) in [6, 6.07) is 10.4. The minimum atomic E-state index is -0.307. The maximum atomic E-state index is 13.4. The molecule has 3 rings (SSSR count). The molecule has 1 amide bonds. The number of carbonyl (C=O) groups is 1. The molecular weight excluding hydrogens is 311 g/mol. The summed E-state index contributed by atoms with van der Waals surface area (Å²) in [6.45, 7) is 6.32. The number of nitrogens with zero attached hydrogens (tertiary/aromatic N) is 1. The highest BCUT2D eigenvalue weighted by molar-refractivity contribution is 7.16. The van der Waals surface area contributed by atoms with Gasteiger partial charge in [-0.2, -0.15) is 0 Å². The predicted molar refractivity (Wildman–Crippen MR) is 92.5 cm³/mol. The quantitative estimate of drug-likeness (QED) is 0.758. The maximum absolute atomic E-state index is 13.4. The van der Waals surface area contributed by atoms with E-state index >= 15 is 0 Å². The van der Waals surface area contributed by atoms with Crippen LogP contribution in [0.25, 0.3) is 10.2 Å². The Hall–Kier alpha value is -2.14. The van der Waals surface area contributed by atoms with E-state index in [-0.39, 0.29) is 17.3 Å².